The molecule has 0 heterocycles. The van der Waals surface area contributed by atoms with Crippen LogP contribution in [0, 0.1) is 0 Å². The van der Waals surface area contributed by atoms with Crippen molar-refractivity contribution in [2.24, 2.45) is 0 Å². The minimum Gasteiger partial charge on any atom is -0.399 e. The minimum atomic E-state index is -0.0249. The largest absolute Gasteiger partial charge is 0.399 e. The van der Waals surface area contributed by atoms with Gasteiger partial charge in [0.1, 0.15) is 0 Å². The standard InChI is InChI=1S/C14H21N3O/c1-17(2)14(8-3-9-14)10-16-13(18)11-4-6-12(15)7-5-11/h4-7H,3,8-10,15H2,1-2H3,(H,16,18). The monoisotopic (exact) mass is 247 g/mol. The third-order valence-electron chi connectivity index (χ3n) is 3.98. The van der Waals surface area contributed by atoms with E-state index in [2.05, 4.69) is 24.3 Å². The first-order valence-electron chi connectivity index (χ1n) is 6.35. The van der Waals surface area contributed by atoms with Gasteiger partial charge in [0.25, 0.3) is 5.91 Å². The van der Waals surface area contributed by atoms with Gasteiger partial charge in [-0.3, -0.25) is 4.79 Å². The highest BCUT2D eigenvalue weighted by Crippen LogP contribution is 2.35. The van der Waals surface area contributed by atoms with E-state index in [1.165, 1.54) is 6.42 Å². The van der Waals surface area contributed by atoms with Crippen molar-refractivity contribution in [3.63, 3.8) is 0 Å². The zero-order valence-electron chi connectivity index (χ0n) is 11.1. The van der Waals surface area contributed by atoms with Gasteiger partial charge in [-0.15, -0.1) is 0 Å². The Bertz CT molecular complexity index is 421. The first-order valence-corrected chi connectivity index (χ1v) is 6.35. The van der Waals surface area contributed by atoms with Gasteiger partial charge in [-0.2, -0.15) is 0 Å². The Morgan fingerprint density at radius 3 is 2.39 bits per heavy atom. The molecule has 1 aromatic carbocycles. The minimum absolute atomic E-state index is 0.0249. The Morgan fingerprint density at radius 2 is 1.94 bits per heavy atom. The summed E-state index contributed by atoms with van der Waals surface area (Å²) in [5.41, 5.74) is 7.10. The van der Waals surface area contributed by atoms with Crippen LogP contribution in [0.3, 0.4) is 0 Å². The highest BCUT2D eigenvalue weighted by molar-refractivity contribution is 5.94. The number of nitrogens with zero attached hydrogens (tertiary/aromatic N) is 1. The van der Waals surface area contributed by atoms with E-state index in [0.717, 1.165) is 12.8 Å². The molecule has 1 amide bonds. The van der Waals surface area contributed by atoms with Gasteiger partial charge in [0.05, 0.1) is 0 Å². The molecular weight excluding hydrogens is 226 g/mol. The highest BCUT2D eigenvalue weighted by atomic mass is 16.1. The maximum atomic E-state index is 12.0. The fourth-order valence-corrected chi connectivity index (χ4v) is 2.35. The normalized spacial score (nSPS) is 17.3. The fraction of sp³-hybridized carbons (Fsp3) is 0.500. The van der Waals surface area contributed by atoms with Gasteiger partial charge in [0.15, 0.2) is 0 Å². The quantitative estimate of drug-likeness (QED) is 0.792. The lowest BCUT2D eigenvalue weighted by molar-refractivity contribution is 0.0557. The predicted molar refractivity (Wildman–Crippen MR) is 73.5 cm³/mol. The Hall–Kier alpha value is -1.55. The topological polar surface area (TPSA) is 58.4 Å². The molecule has 0 atom stereocenters. The van der Waals surface area contributed by atoms with Crippen LogP contribution < -0.4 is 11.1 Å². The molecule has 3 N–H and O–H groups in total. The number of hydrogen-bond acceptors (Lipinski definition) is 3. The van der Waals surface area contributed by atoms with Crippen molar-refractivity contribution in [3.8, 4) is 0 Å². The Kier molecular flexibility index (Phi) is 3.57. The third kappa shape index (κ3) is 2.48. The van der Waals surface area contributed by atoms with Crippen LogP contribution in [0.25, 0.3) is 0 Å². The maximum absolute atomic E-state index is 12.0. The summed E-state index contributed by atoms with van der Waals surface area (Å²) in [4.78, 5) is 14.2. The van der Waals surface area contributed by atoms with E-state index < -0.39 is 0 Å². The Labute approximate surface area is 108 Å². The van der Waals surface area contributed by atoms with E-state index in [9.17, 15) is 4.79 Å². The highest BCUT2D eigenvalue weighted by Gasteiger charge is 2.39. The number of nitrogens with one attached hydrogen (secondary N) is 1. The molecule has 1 aliphatic rings. The lowest BCUT2D eigenvalue weighted by Gasteiger charge is -2.47. The van der Waals surface area contributed by atoms with Crippen LogP contribution in [0.15, 0.2) is 24.3 Å². The summed E-state index contributed by atoms with van der Waals surface area (Å²) in [6.07, 6.45) is 3.56. The zero-order valence-corrected chi connectivity index (χ0v) is 11.1. The number of likely N-dealkylation sites (N-methyl/N-ethyl adjacent to an activating group) is 1. The molecule has 0 spiro atoms. The van der Waals surface area contributed by atoms with Gasteiger partial charge in [0, 0.05) is 23.3 Å². The molecule has 0 aliphatic heterocycles. The number of rotatable bonds is 4. The number of nitrogens with two attached hydrogens (primary N) is 1. The van der Waals surface area contributed by atoms with Crippen LogP contribution in [-0.4, -0.2) is 37.0 Å². The van der Waals surface area contributed by atoms with E-state index in [1.54, 1.807) is 24.3 Å². The number of nitrogen functional groups attached to an aromatic ring is 1. The van der Waals surface area contributed by atoms with E-state index in [4.69, 9.17) is 5.73 Å². The van der Waals surface area contributed by atoms with Crippen LogP contribution in [0.1, 0.15) is 29.6 Å². The summed E-state index contributed by atoms with van der Waals surface area (Å²) in [7, 11) is 4.16. The average molecular weight is 247 g/mol. The van der Waals surface area contributed by atoms with Crippen molar-refractivity contribution in [3.05, 3.63) is 29.8 Å². The lowest BCUT2D eigenvalue weighted by atomic mass is 9.75. The second-order valence-corrected chi connectivity index (χ2v) is 5.28. The number of benzene rings is 1. The number of carbonyl (C=O) groups is 1. The van der Waals surface area contributed by atoms with Crippen molar-refractivity contribution in [1.29, 1.82) is 0 Å². The Balaban J connectivity index is 1.94. The van der Waals surface area contributed by atoms with Gasteiger partial charge in [-0.05, 0) is 57.6 Å². The van der Waals surface area contributed by atoms with Crippen molar-refractivity contribution in [2.45, 2.75) is 24.8 Å². The van der Waals surface area contributed by atoms with Gasteiger partial charge >= 0.3 is 0 Å². The van der Waals surface area contributed by atoms with E-state index in [-0.39, 0.29) is 11.4 Å². The number of hydrogen-bond donors (Lipinski definition) is 2. The summed E-state index contributed by atoms with van der Waals surface area (Å²) < 4.78 is 0. The molecule has 1 aromatic rings. The molecule has 1 saturated carbocycles. The van der Waals surface area contributed by atoms with Gasteiger partial charge in [0.2, 0.25) is 0 Å². The molecule has 1 aliphatic carbocycles. The molecule has 0 unspecified atom stereocenters. The smallest absolute Gasteiger partial charge is 0.251 e. The first kappa shape index (κ1) is 12.9. The summed E-state index contributed by atoms with van der Waals surface area (Å²) >= 11 is 0. The summed E-state index contributed by atoms with van der Waals surface area (Å²) in [5, 5.41) is 3.02. The SMILES string of the molecule is CN(C)C1(CNC(=O)c2ccc(N)cc2)CCC1. The molecule has 4 nitrogen and oxygen atoms in total. The average Bonchev–Trinajstić information content (AvgIpc) is 2.27. The van der Waals surface area contributed by atoms with Crippen LogP contribution in [0.5, 0.6) is 0 Å². The van der Waals surface area contributed by atoms with Crippen molar-refractivity contribution < 1.29 is 4.79 Å². The second kappa shape index (κ2) is 4.98. The molecular formula is C14H21N3O. The lowest BCUT2D eigenvalue weighted by Crippen LogP contribution is -2.57. The predicted octanol–water partition coefficient (Wildman–Crippen LogP) is 1.48. The molecule has 98 valence electrons. The molecule has 0 radical (unpaired) electrons. The van der Waals surface area contributed by atoms with Crippen LogP contribution >= 0.6 is 0 Å². The Morgan fingerprint density at radius 1 is 1.33 bits per heavy atom. The fourth-order valence-electron chi connectivity index (χ4n) is 2.35. The molecule has 2 rings (SSSR count). The second-order valence-electron chi connectivity index (χ2n) is 5.28. The van der Waals surface area contributed by atoms with Crippen LogP contribution in [0.4, 0.5) is 5.69 Å². The molecule has 4 heteroatoms. The number of amides is 1. The maximum Gasteiger partial charge on any atom is 0.251 e. The zero-order chi connectivity index (χ0) is 13.2. The van der Waals surface area contributed by atoms with E-state index in [0.29, 0.717) is 17.8 Å². The number of anilines is 1. The van der Waals surface area contributed by atoms with Crippen molar-refractivity contribution in [1.82, 2.24) is 10.2 Å². The molecule has 0 aromatic heterocycles. The summed E-state index contributed by atoms with van der Waals surface area (Å²) in [6, 6.07) is 7.02. The van der Waals surface area contributed by atoms with Crippen molar-refractivity contribution >= 4 is 11.6 Å². The molecule has 0 bridgehead atoms. The van der Waals surface area contributed by atoms with Crippen LogP contribution in [-0.2, 0) is 0 Å². The molecule has 18 heavy (non-hydrogen) atoms. The number of carbonyl (C=O) groups excluding carboxylic acids is 1. The first-order chi connectivity index (χ1) is 8.53. The van der Waals surface area contributed by atoms with Crippen molar-refractivity contribution in [2.75, 3.05) is 26.4 Å². The molecule has 1 fully saturated rings. The molecule has 0 saturated heterocycles. The van der Waals surface area contributed by atoms with Gasteiger partial charge in [-0.25, -0.2) is 0 Å². The van der Waals surface area contributed by atoms with E-state index in [1.807, 2.05) is 0 Å². The third-order valence-corrected chi connectivity index (χ3v) is 3.98. The van der Waals surface area contributed by atoms with Gasteiger partial charge in [-0.1, -0.05) is 0 Å². The van der Waals surface area contributed by atoms with Gasteiger partial charge < -0.3 is 16.0 Å². The summed E-state index contributed by atoms with van der Waals surface area (Å²) in [6.45, 7) is 0.712. The van der Waals surface area contributed by atoms with Crippen LogP contribution in [0.2, 0.25) is 0 Å². The summed E-state index contributed by atoms with van der Waals surface area (Å²) in [5.74, 6) is -0.0249. The van der Waals surface area contributed by atoms with E-state index >= 15 is 0 Å².